The van der Waals surface area contributed by atoms with Crippen molar-refractivity contribution in [3.05, 3.63) is 63.1 Å². The Balaban J connectivity index is 1.78. The number of hydrogen-bond acceptors (Lipinski definition) is 3. The molecule has 1 aliphatic heterocycles. The Hall–Kier alpha value is -1.41. The predicted molar refractivity (Wildman–Crippen MR) is 107 cm³/mol. The molecule has 0 saturated carbocycles. The van der Waals surface area contributed by atoms with Crippen LogP contribution in [0.15, 0.2) is 46.9 Å². The Morgan fingerprint density at radius 3 is 2.58 bits per heavy atom. The summed E-state index contributed by atoms with van der Waals surface area (Å²) in [5, 5.41) is 0.579. The zero-order valence-electron chi connectivity index (χ0n) is 14.2. The Morgan fingerprint density at radius 1 is 1.23 bits per heavy atom. The molecule has 0 unspecified atom stereocenters. The highest BCUT2D eigenvalue weighted by atomic mass is 79.9. The van der Waals surface area contributed by atoms with Crippen LogP contribution in [-0.2, 0) is 27.8 Å². The molecule has 0 aliphatic carbocycles. The molecule has 0 N–H and O–H groups in total. The monoisotopic (exact) mass is 456 g/mol. The smallest absolute Gasteiger partial charge is 0.242 e. The van der Waals surface area contributed by atoms with Gasteiger partial charge in [-0.25, -0.2) is 8.42 Å². The predicted octanol–water partition coefficient (Wildman–Crippen LogP) is 3.45. The Labute approximate surface area is 166 Å². The maximum atomic E-state index is 12.8. The van der Waals surface area contributed by atoms with Gasteiger partial charge in [0.25, 0.3) is 0 Å². The molecule has 0 saturated heterocycles. The Kier molecular flexibility index (Phi) is 5.72. The van der Waals surface area contributed by atoms with Gasteiger partial charge < -0.3 is 4.90 Å². The van der Waals surface area contributed by atoms with E-state index in [-0.39, 0.29) is 19.0 Å². The average molecular weight is 458 g/mol. The summed E-state index contributed by atoms with van der Waals surface area (Å²) in [5.41, 5.74) is 2.70. The normalized spacial score (nSPS) is 13.9. The molecule has 1 heterocycles. The van der Waals surface area contributed by atoms with Crippen LogP contribution in [0.4, 0.5) is 5.69 Å². The van der Waals surface area contributed by atoms with Crippen molar-refractivity contribution < 1.29 is 13.2 Å². The van der Waals surface area contributed by atoms with Gasteiger partial charge in [0.1, 0.15) is 0 Å². The lowest BCUT2D eigenvalue weighted by molar-refractivity contribution is -0.118. The van der Waals surface area contributed by atoms with Gasteiger partial charge in [-0.1, -0.05) is 39.7 Å². The topological polar surface area (TPSA) is 57.7 Å². The van der Waals surface area contributed by atoms with E-state index in [4.69, 9.17) is 11.6 Å². The zero-order chi connectivity index (χ0) is 18.9. The highest BCUT2D eigenvalue weighted by Gasteiger charge is 2.28. The standard InChI is InChI=1S/C18H18BrClN2O3S/c1-26(24,25)21(11-13-2-5-16(20)6-3-13)12-18(23)22-9-8-14-10-15(19)4-7-17(14)22/h2-7,10H,8-9,11-12H2,1H3. The largest absolute Gasteiger partial charge is 0.311 e. The van der Waals surface area contributed by atoms with Crippen molar-refractivity contribution in [2.45, 2.75) is 13.0 Å². The fourth-order valence-corrected chi connectivity index (χ4v) is 4.21. The molecule has 138 valence electrons. The number of nitrogens with zero attached hydrogens (tertiary/aromatic N) is 2. The SMILES string of the molecule is CS(=O)(=O)N(CC(=O)N1CCc2cc(Br)ccc21)Cc1ccc(Cl)cc1. The summed E-state index contributed by atoms with van der Waals surface area (Å²) in [6.07, 6.45) is 1.88. The van der Waals surface area contributed by atoms with Gasteiger partial charge in [-0.15, -0.1) is 0 Å². The maximum absolute atomic E-state index is 12.8. The van der Waals surface area contributed by atoms with E-state index in [1.54, 1.807) is 29.2 Å². The molecule has 8 heteroatoms. The number of hydrogen-bond donors (Lipinski definition) is 0. The first-order valence-corrected chi connectivity index (χ1v) is 11.0. The molecule has 0 fully saturated rings. The molecule has 0 radical (unpaired) electrons. The van der Waals surface area contributed by atoms with Gasteiger partial charge in [0.05, 0.1) is 12.8 Å². The molecular weight excluding hydrogens is 440 g/mol. The molecule has 0 spiro atoms. The zero-order valence-corrected chi connectivity index (χ0v) is 17.3. The van der Waals surface area contributed by atoms with Crippen LogP contribution >= 0.6 is 27.5 Å². The van der Waals surface area contributed by atoms with Gasteiger partial charge in [-0.05, 0) is 47.9 Å². The van der Waals surface area contributed by atoms with E-state index in [9.17, 15) is 13.2 Å². The second kappa shape index (κ2) is 7.68. The molecule has 1 aliphatic rings. The van der Waals surface area contributed by atoms with Gasteiger partial charge in [0.15, 0.2) is 0 Å². The van der Waals surface area contributed by atoms with Crippen LogP contribution < -0.4 is 4.90 Å². The summed E-state index contributed by atoms with van der Waals surface area (Å²) in [5.74, 6) is -0.231. The van der Waals surface area contributed by atoms with Gasteiger partial charge >= 0.3 is 0 Å². The number of carbonyl (C=O) groups excluding carboxylic acids is 1. The van der Waals surface area contributed by atoms with Gasteiger partial charge in [-0.3, -0.25) is 4.79 Å². The van der Waals surface area contributed by atoms with Crippen molar-refractivity contribution in [3.8, 4) is 0 Å². The van der Waals surface area contributed by atoms with Crippen LogP contribution in [0.3, 0.4) is 0 Å². The van der Waals surface area contributed by atoms with E-state index in [0.717, 1.165) is 34.0 Å². The fraction of sp³-hybridized carbons (Fsp3) is 0.278. The second-order valence-electron chi connectivity index (χ2n) is 6.23. The summed E-state index contributed by atoms with van der Waals surface area (Å²) in [6, 6.07) is 12.7. The molecule has 0 bridgehead atoms. The number of carbonyl (C=O) groups is 1. The molecule has 0 aromatic heterocycles. The van der Waals surface area contributed by atoms with Crippen LogP contribution in [0.25, 0.3) is 0 Å². The lowest BCUT2D eigenvalue weighted by Crippen LogP contribution is -2.41. The third-order valence-corrected chi connectivity index (χ3v) is 6.23. The van der Waals surface area contributed by atoms with E-state index < -0.39 is 10.0 Å². The number of halogens is 2. The Bertz CT molecular complexity index is 932. The fourth-order valence-electron chi connectivity index (χ4n) is 2.95. The van der Waals surface area contributed by atoms with E-state index in [1.165, 1.54) is 4.31 Å². The third kappa shape index (κ3) is 4.46. The Morgan fingerprint density at radius 2 is 1.92 bits per heavy atom. The highest BCUT2D eigenvalue weighted by molar-refractivity contribution is 9.10. The first-order valence-electron chi connectivity index (χ1n) is 8.02. The maximum Gasteiger partial charge on any atom is 0.242 e. The number of rotatable bonds is 5. The summed E-state index contributed by atoms with van der Waals surface area (Å²) >= 11 is 9.30. The van der Waals surface area contributed by atoms with Gasteiger partial charge in [0, 0.05) is 28.3 Å². The third-order valence-electron chi connectivity index (χ3n) is 4.29. The number of fused-ring (bicyclic) bond motifs is 1. The number of anilines is 1. The molecule has 5 nitrogen and oxygen atoms in total. The quantitative estimate of drug-likeness (QED) is 0.691. The van der Waals surface area contributed by atoms with Crippen LogP contribution in [0.5, 0.6) is 0 Å². The lowest BCUT2D eigenvalue weighted by Gasteiger charge is -2.24. The van der Waals surface area contributed by atoms with Crippen LogP contribution in [-0.4, -0.2) is 38.0 Å². The minimum Gasteiger partial charge on any atom is -0.311 e. The van der Waals surface area contributed by atoms with Crippen LogP contribution in [0.1, 0.15) is 11.1 Å². The molecule has 2 aromatic carbocycles. The average Bonchev–Trinajstić information content (AvgIpc) is 2.98. The van der Waals surface area contributed by atoms with E-state index >= 15 is 0 Å². The van der Waals surface area contributed by atoms with E-state index in [0.29, 0.717) is 11.6 Å². The van der Waals surface area contributed by atoms with Crippen LogP contribution in [0.2, 0.25) is 5.02 Å². The van der Waals surface area contributed by atoms with Gasteiger partial charge in [0.2, 0.25) is 15.9 Å². The first-order chi connectivity index (χ1) is 12.2. The molecular formula is C18H18BrClN2O3S. The van der Waals surface area contributed by atoms with Crippen molar-refractivity contribution in [2.24, 2.45) is 0 Å². The summed E-state index contributed by atoms with van der Waals surface area (Å²) in [6.45, 7) is 0.489. The van der Waals surface area contributed by atoms with Crippen molar-refractivity contribution in [1.29, 1.82) is 0 Å². The van der Waals surface area contributed by atoms with E-state index in [1.807, 2.05) is 18.2 Å². The molecule has 3 rings (SSSR count). The summed E-state index contributed by atoms with van der Waals surface area (Å²) in [4.78, 5) is 14.4. The van der Waals surface area contributed by atoms with E-state index in [2.05, 4.69) is 15.9 Å². The number of amides is 1. The highest BCUT2D eigenvalue weighted by Crippen LogP contribution is 2.30. The van der Waals surface area contributed by atoms with Crippen molar-refractivity contribution >= 4 is 49.1 Å². The summed E-state index contributed by atoms with van der Waals surface area (Å²) < 4.78 is 26.5. The molecule has 2 aromatic rings. The second-order valence-corrected chi connectivity index (χ2v) is 9.56. The van der Waals surface area contributed by atoms with Crippen molar-refractivity contribution in [2.75, 3.05) is 24.2 Å². The van der Waals surface area contributed by atoms with Gasteiger partial charge in [-0.2, -0.15) is 4.31 Å². The minimum atomic E-state index is -3.54. The minimum absolute atomic E-state index is 0.128. The lowest BCUT2D eigenvalue weighted by atomic mass is 10.2. The van der Waals surface area contributed by atoms with Crippen molar-refractivity contribution in [3.63, 3.8) is 0 Å². The van der Waals surface area contributed by atoms with Crippen molar-refractivity contribution in [1.82, 2.24) is 4.31 Å². The summed E-state index contributed by atoms with van der Waals surface area (Å²) in [7, 11) is -3.54. The molecule has 1 amide bonds. The molecule has 0 atom stereocenters. The number of sulfonamides is 1. The first kappa shape index (κ1) is 19.4. The number of benzene rings is 2. The van der Waals surface area contributed by atoms with Crippen LogP contribution in [0, 0.1) is 0 Å². The molecule has 26 heavy (non-hydrogen) atoms.